The molecular weight excluding hydrogens is 192 g/mol. The molecule has 0 nitrogen and oxygen atoms in total. The quantitative estimate of drug-likeness (QED) is 0.515. The van der Waals surface area contributed by atoms with Crippen LogP contribution in [0.15, 0.2) is 54.6 Å². The molecule has 2 aromatic rings. The number of terminal acetylenes is 1. The van der Waals surface area contributed by atoms with Gasteiger partial charge in [0.1, 0.15) is 0 Å². The maximum Gasteiger partial charge on any atom is 0.0315 e. The molecule has 0 atom stereocenters. The minimum Gasteiger partial charge on any atom is -0.115 e. The second-order valence-electron chi connectivity index (χ2n) is 3.48. The van der Waals surface area contributed by atoms with E-state index in [4.69, 9.17) is 6.42 Å². The van der Waals surface area contributed by atoms with Gasteiger partial charge in [-0.15, -0.1) is 6.42 Å². The van der Waals surface area contributed by atoms with Gasteiger partial charge < -0.3 is 0 Å². The number of hydrogen-bond donors (Lipinski definition) is 0. The van der Waals surface area contributed by atoms with Gasteiger partial charge in [-0.25, -0.2) is 0 Å². The van der Waals surface area contributed by atoms with Crippen molar-refractivity contribution in [3.05, 3.63) is 71.3 Å². The van der Waals surface area contributed by atoms with Crippen LogP contribution in [0.3, 0.4) is 0 Å². The monoisotopic (exact) mass is 204 g/mol. The van der Waals surface area contributed by atoms with E-state index in [-0.39, 0.29) is 0 Å². The number of hydrogen-bond acceptors (Lipinski definition) is 0. The predicted octanol–water partition coefficient (Wildman–Crippen LogP) is 3.84. The fourth-order valence-electron chi connectivity index (χ4n) is 1.52. The maximum absolute atomic E-state index is 5.44. The second-order valence-corrected chi connectivity index (χ2v) is 3.48. The van der Waals surface area contributed by atoms with Crippen LogP contribution in [-0.2, 0) is 0 Å². The Bertz CT molecular complexity index is 527. The van der Waals surface area contributed by atoms with E-state index < -0.39 is 0 Å². The van der Waals surface area contributed by atoms with E-state index in [1.54, 1.807) is 0 Å². The van der Waals surface area contributed by atoms with Crippen LogP contribution in [0.2, 0.25) is 0 Å². The Labute approximate surface area is 96.3 Å². The molecule has 0 heterocycles. The van der Waals surface area contributed by atoms with Gasteiger partial charge in [-0.1, -0.05) is 66.6 Å². The minimum atomic E-state index is 0.926. The molecule has 0 radical (unpaired) electrons. The molecule has 2 rings (SSSR count). The first-order chi connectivity index (χ1) is 7.90. The predicted molar refractivity (Wildman–Crippen MR) is 69.7 cm³/mol. The van der Waals surface area contributed by atoms with Crippen LogP contribution in [0.5, 0.6) is 0 Å². The third-order valence-electron chi connectivity index (χ3n) is 2.37. The summed E-state index contributed by atoms with van der Waals surface area (Å²) in [7, 11) is 0. The summed E-state index contributed by atoms with van der Waals surface area (Å²) in [5, 5.41) is 0. The molecule has 0 aliphatic heterocycles. The fraction of sp³-hybridized carbons (Fsp3) is 0. The van der Waals surface area contributed by atoms with Crippen molar-refractivity contribution in [3.63, 3.8) is 0 Å². The Morgan fingerprint density at radius 2 is 1.50 bits per heavy atom. The van der Waals surface area contributed by atoms with Crippen molar-refractivity contribution in [3.8, 4) is 12.3 Å². The molecule has 0 aromatic heterocycles. The Balaban J connectivity index is 2.28. The molecule has 2 aromatic carbocycles. The first-order valence-corrected chi connectivity index (χ1v) is 5.19. The topological polar surface area (TPSA) is 0 Å². The summed E-state index contributed by atoms with van der Waals surface area (Å²) in [6.07, 6.45) is 9.55. The third-order valence-corrected chi connectivity index (χ3v) is 2.37. The van der Waals surface area contributed by atoms with Crippen molar-refractivity contribution in [2.75, 3.05) is 0 Å². The van der Waals surface area contributed by atoms with E-state index >= 15 is 0 Å². The normalized spacial score (nSPS) is 10.2. The molecule has 0 amide bonds. The zero-order valence-corrected chi connectivity index (χ0v) is 8.93. The lowest BCUT2D eigenvalue weighted by Crippen LogP contribution is -1.79. The van der Waals surface area contributed by atoms with Crippen LogP contribution in [0.1, 0.15) is 16.7 Å². The van der Waals surface area contributed by atoms with E-state index in [9.17, 15) is 0 Å². The van der Waals surface area contributed by atoms with Crippen LogP contribution in [-0.4, -0.2) is 0 Å². The summed E-state index contributed by atoms with van der Waals surface area (Å²) in [5.74, 6) is 2.68. The summed E-state index contributed by atoms with van der Waals surface area (Å²) in [6, 6.07) is 18.1. The van der Waals surface area contributed by atoms with E-state index in [0.717, 1.165) is 11.1 Å². The summed E-state index contributed by atoms with van der Waals surface area (Å²) in [4.78, 5) is 0. The highest BCUT2D eigenvalue weighted by molar-refractivity contribution is 5.72. The van der Waals surface area contributed by atoms with Crippen LogP contribution < -0.4 is 0 Å². The SMILES string of the molecule is C#Cc1ccccc1C=Cc1ccccc1. The first kappa shape index (κ1) is 10.3. The van der Waals surface area contributed by atoms with Crippen molar-refractivity contribution < 1.29 is 0 Å². The average Bonchev–Trinajstić information content (AvgIpc) is 2.38. The molecule has 16 heavy (non-hydrogen) atoms. The molecule has 0 unspecified atom stereocenters. The number of benzene rings is 2. The summed E-state index contributed by atoms with van der Waals surface area (Å²) >= 11 is 0. The fourth-order valence-corrected chi connectivity index (χ4v) is 1.52. The Kier molecular flexibility index (Phi) is 3.21. The lowest BCUT2D eigenvalue weighted by molar-refractivity contribution is 1.60. The zero-order valence-electron chi connectivity index (χ0n) is 8.93. The lowest BCUT2D eigenvalue weighted by Gasteiger charge is -1.97. The van der Waals surface area contributed by atoms with Crippen LogP contribution in [0.4, 0.5) is 0 Å². The first-order valence-electron chi connectivity index (χ1n) is 5.19. The van der Waals surface area contributed by atoms with Crippen LogP contribution >= 0.6 is 0 Å². The van der Waals surface area contributed by atoms with E-state index in [1.165, 1.54) is 5.56 Å². The van der Waals surface area contributed by atoms with Crippen molar-refractivity contribution in [1.29, 1.82) is 0 Å². The average molecular weight is 204 g/mol. The van der Waals surface area contributed by atoms with E-state index in [2.05, 4.69) is 24.1 Å². The van der Waals surface area contributed by atoms with Crippen molar-refractivity contribution >= 4 is 12.2 Å². The minimum absolute atomic E-state index is 0.926. The Hall–Kier alpha value is -2.26. The lowest BCUT2D eigenvalue weighted by atomic mass is 10.1. The Morgan fingerprint density at radius 3 is 2.25 bits per heavy atom. The van der Waals surface area contributed by atoms with Gasteiger partial charge in [0.2, 0.25) is 0 Å². The highest BCUT2D eigenvalue weighted by Crippen LogP contribution is 2.12. The molecule has 0 fully saturated rings. The van der Waals surface area contributed by atoms with Gasteiger partial charge in [0.25, 0.3) is 0 Å². The summed E-state index contributed by atoms with van der Waals surface area (Å²) in [5.41, 5.74) is 3.18. The molecule has 0 aliphatic rings. The van der Waals surface area contributed by atoms with E-state index in [1.807, 2.05) is 48.5 Å². The molecule has 0 saturated heterocycles. The molecule has 76 valence electrons. The molecule has 0 saturated carbocycles. The zero-order chi connectivity index (χ0) is 11.2. The second kappa shape index (κ2) is 5.00. The third kappa shape index (κ3) is 2.40. The summed E-state index contributed by atoms with van der Waals surface area (Å²) < 4.78 is 0. The van der Waals surface area contributed by atoms with Gasteiger partial charge >= 0.3 is 0 Å². The molecule has 0 bridgehead atoms. The van der Waals surface area contributed by atoms with E-state index in [0.29, 0.717) is 0 Å². The number of rotatable bonds is 2. The molecule has 0 heteroatoms. The highest BCUT2D eigenvalue weighted by Gasteiger charge is 1.93. The molecule has 0 spiro atoms. The maximum atomic E-state index is 5.44. The van der Waals surface area contributed by atoms with Gasteiger partial charge in [-0.2, -0.15) is 0 Å². The smallest absolute Gasteiger partial charge is 0.0315 e. The molecule has 0 aliphatic carbocycles. The van der Waals surface area contributed by atoms with Gasteiger partial charge in [0.15, 0.2) is 0 Å². The Morgan fingerprint density at radius 1 is 0.812 bits per heavy atom. The molecule has 0 N–H and O–H groups in total. The van der Waals surface area contributed by atoms with Crippen molar-refractivity contribution in [1.82, 2.24) is 0 Å². The molecular formula is C16H12. The van der Waals surface area contributed by atoms with Crippen molar-refractivity contribution in [2.45, 2.75) is 0 Å². The van der Waals surface area contributed by atoms with Gasteiger partial charge in [0, 0.05) is 5.56 Å². The van der Waals surface area contributed by atoms with Gasteiger partial charge in [0.05, 0.1) is 0 Å². The van der Waals surface area contributed by atoms with Crippen LogP contribution in [0.25, 0.3) is 12.2 Å². The standard InChI is InChI=1S/C16H12/c1-2-15-10-6-7-11-16(15)13-12-14-8-4-3-5-9-14/h1,3-13H. The van der Waals surface area contributed by atoms with Crippen molar-refractivity contribution in [2.24, 2.45) is 0 Å². The summed E-state index contributed by atoms with van der Waals surface area (Å²) in [6.45, 7) is 0. The largest absolute Gasteiger partial charge is 0.115 e. The van der Waals surface area contributed by atoms with Gasteiger partial charge in [-0.05, 0) is 17.2 Å². The van der Waals surface area contributed by atoms with Crippen LogP contribution in [0, 0.1) is 12.3 Å². The van der Waals surface area contributed by atoms with Gasteiger partial charge in [-0.3, -0.25) is 0 Å². The highest BCUT2D eigenvalue weighted by atomic mass is 14.0.